The molecule has 0 radical (unpaired) electrons. The number of hydrogen-bond acceptors (Lipinski definition) is 8. The second-order valence-corrected chi connectivity index (χ2v) is 11.6. The van der Waals surface area contributed by atoms with Crippen molar-refractivity contribution in [3.63, 3.8) is 0 Å². The molecule has 0 aliphatic heterocycles. The third-order valence-corrected chi connectivity index (χ3v) is 9.63. The maximum Gasteiger partial charge on any atom is 0.322 e. The molecule has 0 aromatic rings. The summed E-state index contributed by atoms with van der Waals surface area (Å²) in [6.45, 7) is 2.65. The molecule has 0 bridgehead atoms. The van der Waals surface area contributed by atoms with Crippen LogP contribution < -0.4 is 5.32 Å². The monoisotopic (exact) mass is 517 g/mol. The normalized spacial score (nSPS) is 36.5. The number of aliphatic carboxylic acids is 1. The highest BCUT2D eigenvalue weighted by atomic mass is 16.5. The van der Waals surface area contributed by atoms with Crippen LogP contribution in [0.5, 0.6) is 0 Å². The molecule has 0 heterocycles. The molecule has 0 unspecified atom stereocenters. The van der Waals surface area contributed by atoms with E-state index < -0.39 is 47.8 Å². The topological polar surface area (TPSA) is 164 Å². The number of carbonyl (C=O) groups is 6. The predicted molar refractivity (Wildman–Crippen MR) is 128 cm³/mol. The van der Waals surface area contributed by atoms with Gasteiger partial charge in [-0.25, -0.2) is 0 Å². The van der Waals surface area contributed by atoms with Crippen molar-refractivity contribution in [2.24, 2.45) is 28.6 Å². The second-order valence-electron chi connectivity index (χ2n) is 11.6. The zero-order valence-corrected chi connectivity index (χ0v) is 21.3. The van der Waals surface area contributed by atoms with Crippen molar-refractivity contribution in [3.05, 3.63) is 11.6 Å². The van der Waals surface area contributed by atoms with Crippen LogP contribution in [0.2, 0.25) is 0 Å². The third kappa shape index (κ3) is 4.64. The molecule has 6 atom stereocenters. The molecule has 4 rings (SSSR count). The van der Waals surface area contributed by atoms with Crippen molar-refractivity contribution in [2.45, 2.75) is 77.2 Å². The molecule has 37 heavy (non-hydrogen) atoms. The maximum atomic E-state index is 13.6. The number of fused-ring (bicyclic) bond motifs is 5. The molecular weight excluding hydrogens is 482 g/mol. The van der Waals surface area contributed by atoms with E-state index in [1.54, 1.807) is 13.0 Å². The molecular formula is C27H35NO9. The number of Topliss-reactive ketones (excluding diaryl/α,β-unsaturated/α-hetero) is 2. The first-order chi connectivity index (χ1) is 17.3. The Morgan fingerprint density at radius 1 is 1.08 bits per heavy atom. The van der Waals surface area contributed by atoms with Gasteiger partial charge in [0.2, 0.25) is 11.7 Å². The first-order valence-corrected chi connectivity index (χ1v) is 13.0. The van der Waals surface area contributed by atoms with Crippen molar-refractivity contribution >= 4 is 35.2 Å². The van der Waals surface area contributed by atoms with Crippen molar-refractivity contribution in [1.82, 2.24) is 5.32 Å². The van der Waals surface area contributed by atoms with Gasteiger partial charge in [0.15, 0.2) is 12.4 Å². The summed E-state index contributed by atoms with van der Waals surface area (Å²) in [6, 6.07) is 0. The molecule has 10 heteroatoms. The number of carboxylic acids is 1. The highest BCUT2D eigenvalue weighted by Gasteiger charge is 2.68. The van der Waals surface area contributed by atoms with Gasteiger partial charge >= 0.3 is 11.9 Å². The van der Waals surface area contributed by atoms with Gasteiger partial charge < -0.3 is 20.3 Å². The number of nitrogens with one attached hydrogen (secondary N) is 1. The third-order valence-electron chi connectivity index (χ3n) is 9.63. The average Bonchev–Trinajstić information content (AvgIpc) is 3.11. The van der Waals surface area contributed by atoms with Gasteiger partial charge in [0, 0.05) is 30.6 Å². The smallest absolute Gasteiger partial charge is 0.322 e. The van der Waals surface area contributed by atoms with Gasteiger partial charge in [0.25, 0.3) is 0 Å². The largest absolute Gasteiger partial charge is 0.480 e. The Labute approximate surface area is 215 Å². The van der Waals surface area contributed by atoms with Gasteiger partial charge in [-0.05, 0) is 55.4 Å². The van der Waals surface area contributed by atoms with Crippen LogP contribution in [0.25, 0.3) is 0 Å². The molecule has 1 amide bonds. The molecule has 0 aromatic heterocycles. The highest BCUT2D eigenvalue weighted by molar-refractivity contribution is 5.95. The second kappa shape index (κ2) is 9.78. The summed E-state index contributed by atoms with van der Waals surface area (Å²) in [4.78, 5) is 73.0. The van der Waals surface area contributed by atoms with E-state index in [-0.39, 0.29) is 60.4 Å². The van der Waals surface area contributed by atoms with E-state index in [1.165, 1.54) is 0 Å². The number of rotatable bonds is 8. The van der Waals surface area contributed by atoms with E-state index in [0.717, 1.165) is 18.4 Å². The predicted octanol–water partition coefficient (Wildman–Crippen LogP) is 1.52. The molecule has 202 valence electrons. The summed E-state index contributed by atoms with van der Waals surface area (Å²) in [6.07, 6.45) is 4.43. The SMILES string of the molecule is C[C@]12CCC(=O)C=C1CC[C@H]1[C@H]2C(=O)C[C@@]2(C)[C@H]1CC[C@]2(O)C(=O)COC(=O)CCC(=O)NCC(=O)O. The maximum absolute atomic E-state index is 13.6. The fraction of sp³-hybridized carbons (Fsp3) is 0.704. The molecule has 3 fully saturated rings. The Balaban J connectivity index is 1.42. The Kier molecular flexibility index (Phi) is 7.18. The van der Waals surface area contributed by atoms with E-state index in [0.29, 0.717) is 19.3 Å². The highest BCUT2D eigenvalue weighted by Crippen LogP contribution is 2.66. The summed E-state index contributed by atoms with van der Waals surface area (Å²) in [7, 11) is 0. The van der Waals surface area contributed by atoms with Gasteiger partial charge in [-0.3, -0.25) is 28.8 Å². The zero-order valence-electron chi connectivity index (χ0n) is 21.3. The van der Waals surface area contributed by atoms with Gasteiger partial charge in [-0.1, -0.05) is 19.4 Å². The lowest BCUT2D eigenvalue weighted by molar-refractivity contribution is -0.173. The van der Waals surface area contributed by atoms with Crippen molar-refractivity contribution in [3.8, 4) is 0 Å². The summed E-state index contributed by atoms with van der Waals surface area (Å²) in [5.74, 6) is -3.46. The number of ether oxygens (including phenoxy) is 1. The summed E-state index contributed by atoms with van der Waals surface area (Å²) in [5, 5.41) is 22.3. The van der Waals surface area contributed by atoms with Crippen molar-refractivity contribution in [2.75, 3.05) is 13.2 Å². The number of carboxylic acid groups (broad SMARTS) is 1. The van der Waals surface area contributed by atoms with Crippen LogP contribution in [0.3, 0.4) is 0 Å². The lowest BCUT2D eigenvalue weighted by atomic mass is 9.46. The molecule has 0 saturated heterocycles. The molecule has 10 nitrogen and oxygen atoms in total. The lowest BCUT2D eigenvalue weighted by Gasteiger charge is -2.57. The Hall–Kier alpha value is -2.88. The standard InChI is InChI=1S/C27H35NO9/c1-25-9-7-16(29)11-15(25)3-4-17-18-8-10-27(36,26(18,2)12-19(30)24(17)25)20(31)14-37-23(35)6-5-21(32)28-13-22(33)34/h11,17-18,24,36H,3-10,12-14H2,1-2H3,(H,28,32)(H,33,34)/t17-,18+,24+,25+,26+,27+/m1/s1. The van der Waals surface area contributed by atoms with Crippen molar-refractivity contribution in [1.29, 1.82) is 0 Å². The number of allylic oxidation sites excluding steroid dienone is 1. The van der Waals surface area contributed by atoms with Crippen LogP contribution in [0, 0.1) is 28.6 Å². The average molecular weight is 518 g/mol. The molecule has 4 aliphatic carbocycles. The molecule has 3 N–H and O–H groups in total. The van der Waals surface area contributed by atoms with Crippen LogP contribution in [0.4, 0.5) is 0 Å². The Morgan fingerprint density at radius 3 is 2.51 bits per heavy atom. The molecule has 4 aliphatic rings. The summed E-state index contributed by atoms with van der Waals surface area (Å²) >= 11 is 0. The van der Waals surface area contributed by atoms with Gasteiger partial charge in [0.05, 0.1) is 6.42 Å². The number of hydrogen-bond donors (Lipinski definition) is 3. The minimum atomic E-state index is -1.81. The zero-order chi connectivity index (χ0) is 27.2. The lowest BCUT2D eigenvalue weighted by Crippen LogP contribution is -2.61. The van der Waals surface area contributed by atoms with E-state index in [4.69, 9.17) is 9.84 Å². The van der Waals surface area contributed by atoms with E-state index in [9.17, 15) is 33.9 Å². The first-order valence-electron chi connectivity index (χ1n) is 13.0. The minimum absolute atomic E-state index is 0.00953. The summed E-state index contributed by atoms with van der Waals surface area (Å²) in [5.41, 5.74) is -2.11. The summed E-state index contributed by atoms with van der Waals surface area (Å²) < 4.78 is 5.04. The number of aliphatic hydroxyl groups is 1. The van der Waals surface area contributed by atoms with Gasteiger partial charge in [-0.2, -0.15) is 0 Å². The van der Waals surface area contributed by atoms with E-state index in [1.807, 2.05) is 0 Å². The number of amides is 1. The van der Waals surface area contributed by atoms with Crippen molar-refractivity contribution < 1.29 is 43.7 Å². The minimum Gasteiger partial charge on any atom is -0.480 e. The fourth-order valence-electron chi connectivity index (χ4n) is 7.66. The van der Waals surface area contributed by atoms with Crippen LogP contribution in [-0.2, 0) is 33.5 Å². The van der Waals surface area contributed by atoms with Gasteiger partial charge in [0.1, 0.15) is 17.9 Å². The Bertz CT molecular complexity index is 1080. The number of esters is 1. The quantitative estimate of drug-likeness (QED) is 0.405. The number of carbonyl (C=O) groups excluding carboxylic acids is 5. The first kappa shape index (κ1) is 27.2. The number of ketones is 3. The molecule has 0 aromatic carbocycles. The van der Waals surface area contributed by atoms with Gasteiger partial charge in [-0.15, -0.1) is 0 Å². The van der Waals surface area contributed by atoms with Crippen LogP contribution in [0.1, 0.15) is 71.6 Å². The van der Waals surface area contributed by atoms with Crippen LogP contribution >= 0.6 is 0 Å². The van der Waals surface area contributed by atoms with E-state index in [2.05, 4.69) is 12.2 Å². The van der Waals surface area contributed by atoms with E-state index >= 15 is 0 Å². The van der Waals surface area contributed by atoms with Crippen LogP contribution in [0.15, 0.2) is 11.6 Å². The van der Waals surface area contributed by atoms with Crippen LogP contribution in [-0.4, -0.2) is 64.2 Å². The Morgan fingerprint density at radius 2 is 1.81 bits per heavy atom. The molecule has 3 saturated carbocycles. The fourth-order valence-corrected chi connectivity index (χ4v) is 7.66. The molecule has 0 spiro atoms.